The van der Waals surface area contributed by atoms with Crippen molar-refractivity contribution in [1.29, 1.82) is 0 Å². The van der Waals surface area contributed by atoms with Gasteiger partial charge in [0.1, 0.15) is 24.8 Å². The second-order valence-corrected chi connectivity index (χ2v) is 10.0. The van der Waals surface area contributed by atoms with Crippen LogP contribution in [-0.4, -0.2) is 40.5 Å². The SMILES string of the molecule is CC.CC.CC(C)(C)OC(=O)CC(NC(=O)Cn1ccc2ccc(C(F)(F)F)cc2c1=O)C(=O)COc1c(F)c(F)cc(F)c1F. The lowest BCUT2D eigenvalue weighted by atomic mass is 10.1. The van der Waals surface area contributed by atoms with E-state index in [1.54, 1.807) is 0 Å². The van der Waals surface area contributed by atoms with Gasteiger partial charge in [-0.25, -0.2) is 8.78 Å². The number of aromatic nitrogens is 1. The maximum Gasteiger partial charge on any atom is 0.416 e. The average molecular weight is 665 g/mol. The summed E-state index contributed by atoms with van der Waals surface area (Å²) in [5.41, 5.74) is -3.08. The summed E-state index contributed by atoms with van der Waals surface area (Å²) < 4.78 is 105. The number of pyridine rings is 1. The standard InChI is InChI=1S/C27H23F7N2O6.2C2H6/c1-26(2,3)42-21(39)10-18(19(37)12-41-24-22(30)16(28)9-17(29)23(24)31)35-20(38)11-36-7-6-13-4-5-14(27(32,33)34)8-15(13)25(36)40;2*1-2/h4-9,18H,10-12H2,1-3H3,(H,35,38);2*1-2H3. The van der Waals surface area contributed by atoms with Gasteiger partial charge in [0.25, 0.3) is 5.56 Å². The molecule has 1 aromatic heterocycles. The topological polar surface area (TPSA) is 104 Å². The molecule has 1 unspecified atom stereocenters. The van der Waals surface area contributed by atoms with Crippen molar-refractivity contribution in [3.8, 4) is 5.75 Å². The number of halogens is 7. The van der Waals surface area contributed by atoms with Crippen LogP contribution in [0.4, 0.5) is 30.7 Å². The molecule has 0 radical (unpaired) electrons. The van der Waals surface area contributed by atoms with Crippen molar-refractivity contribution < 1.29 is 54.6 Å². The molecule has 254 valence electrons. The summed E-state index contributed by atoms with van der Waals surface area (Å²) in [6.45, 7) is 10.4. The van der Waals surface area contributed by atoms with Gasteiger partial charge in [0.15, 0.2) is 23.2 Å². The van der Waals surface area contributed by atoms with E-state index >= 15 is 0 Å². The van der Waals surface area contributed by atoms with Crippen molar-refractivity contribution in [2.75, 3.05) is 6.61 Å². The van der Waals surface area contributed by atoms with Crippen molar-refractivity contribution in [3.63, 3.8) is 0 Å². The van der Waals surface area contributed by atoms with Crippen molar-refractivity contribution >= 4 is 28.4 Å². The maximum absolute atomic E-state index is 13.9. The van der Waals surface area contributed by atoms with E-state index < -0.39 is 95.2 Å². The van der Waals surface area contributed by atoms with Gasteiger partial charge >= 0.3 is 12.1 Å². The van der Waals surface area contributed by atoms with Crippen LogP contribution in [0.1, 0.15) is 60.5 Å². The summed E-state index contributed by atoms with van der Waals surface area (Å²) >= 11 is 0. The third-order valence-corrected chi connectivity index (χ3v) is 5.56. The Bertz CT molecular complexity index is 1570. The number of carbonyl (C=O) groups is 3. The zero-order valence-corrected chi connectivity index (χ0v) is 26.2. The molecule has 8 nitrogen and oxygen atoms in total. The number of hydrogen-bond acceptors (Lipinski definition) is 6. The fourth-order valence-corrected chi connectivity index (χ4v) is 3.69. The van der Waals surface area contributed by atoms with Gasteiger partial charge in [-0.1, -0.05) is 33.8 Å². The monoisotopic (exact) mass is 664 g/mol. The zero-order valence-electron chi connectivity index (χ0n) is 26.2. The number of carbonyl (C=O) groups excluding carboxylic acids is 3. The molecule has 0 bridgehead atoms. The minimum absolute atomic E-state index is 0.0798. The summed E-state index contributed by atoms with van der Waals surface area (Å²) in [7, 11) is 0. The number of ether oxygens (including phenoxy) is 2. The first-order chi connectivity index (χ1) is 21.4. The predicted molar refractivity (Wildman–Crippen MR) is 155 cm³/mol. The summed E-state index contributed by atoms with van der Waals surface area (Å²) in [5, 5.41) is 1.95. The van der Waals surface area contributed by atoms with Crippen LogP contribution in [0, 0.1) is 23.3 Å². The molecule has 0 fully saturated rings. The lowest BCUT2D eigenvalue weighted by molar-refractivity contribution is -0.156. The molecule has 3 aromatic rings. The van der Waals surface area contributed by atoms with Gasteiger partial charge in [-0.3, -0.25) is 19.2 Å². The minimum Gasteiger partial charge on any atom is -0.479 e. The van der Waals surface area contributed by atoms with E-state index in [1.165, 1.54) is 26.8 Å². The molecule has 0 saturated heterocycles. The Morgan fingerprint density at radius 2 is 1.46 bits per heavy atom. The van der Waals surface area contributed by atoms with Gasteiger partial charge in [-0.05, 0) is 44.4 Å². The maximum atomic E-state index is 13.9. The van der Waals surface area contributed by atoms with Gasteiger partial charge in [0, 0.05) is 17.6 Å². The molecule has 0 saturated carbocycles. The number of amides is 1. The summed E-state index contributed by atoms with van der Waals surface area (Å²) in [6, 6.07) is 1.90. The minimum atomic E-state index is -4.74. The van der Waals surface area contributed by atoms with Crippen LogP contribution < -0.4 is 15.6 Å². The molecule has 0 aliphatic heterocycles. The number of benzene rings is 2. The highest BCUT2D eigenvalue weighted by atomic mass is 19.4. The summed E-state index contributed by atoms with van der Waals surface area (Å²) in [4.78, 5) is 50.7. The average Bonchev–Trinajstić information content (AvgIpc) is 2.97. The molecular formula is C31H35F7N2O6. The highest BCUT2D eigenvalue weighted by molar-refractivity contribution is 5.93. The number of ketones is 1. The van der Waals surface area contributed by atoms with Crippen molar-refractivity contribution in [2.45, 2.75) is 79.3 Å². The molecule has 1 N–H and O–H groups in total. The first kappa shape index (κ1) is 39.6. The third kappa shape index (κ3) is 10.9. The Hall–Kier alpha value is -4.43. The fourth-order valence-electron chi connectivity index (χ4n) is 3.69. The molecule has 0 aliphatic carbocycles. The molecule has 0 spiro atoms. The summed E-state index contributed by atoms with van der Waals surface area (Å²) in [5.74, 6) is -12.3. The van der Waals surface area contributed by atoms with Crippen LogP contribution in [0.5, 0.6) is 5.75 Å². The van der Waals surface area contributed by atoms with Crippen LogP contribution in [0.3, 0.4) is 0 Å². The lowest BCUT2D eigenvalue weighted by Gasteiger charge is -2.22. The zero-order chi connectivity index (χ0) is 35.6. The first-order valence-electron chi connectivity index (χ1n) is 14.1. The lowest BCUT2D eigenvalue weighted by Crippen LogP contribution is -2.46. The molecule has 15 heteroatoms. The van der Waals surface area contributed by atoms with Crippen molar-refractivity contribution in [3.05, 3.63) is 75.7 Å². The van der Waals surface area contributed by atoms with Crippen LogP contribution in [0.25, 0.3) is 10.8 Å². The molecule has 1 heterocycles. The number of esters is 1. The van der Waals surface area contributed by atoms with E-state index in [-0.39, 0.29) is 16.8 Å². The normalized spacial score (nSPS) is 11.8. The number of nitrogens with one attached hydrogen (secondary N) is 1. The van der Waals surface area contributed by atoms with E-state index in [4.69, 9.17) is 4.74 Å². The van der Waals surface area contributed by atoms with Gasteiger partial charge in [-0.2, -0.15) is 22.0 Å². The molecule has 3 rings (SSSR count). The second-order valence-electron chi connectivity index (χ2n) is 10.0. The molecule has 2 aromatic carbocycles. The first-order valence-corrected chi connectivity index (χ1v) is 14.1. The Balaban J connectivity index is 0.00000254. The van der Waals surface area contributed by atoms with E-state index in [0.29, 0.717) is 6.07 Å². The molecule has 1 amide bonds. The van der Waals surface area contributed by atoms with Gasteiger partial charge in [0.05, 0.1) is 12.0 Å². The number of alkyl halides is 3. The largest absolute Gasteiger partial charge is 0.479 e. The molecule has 46 heavy (non-hydrogen) atoms. The quantitative estimate of drug-likeness (QED) is 0.159. The number of hydrogen-bond donors (Lipinski definition) is 1. The number of rotatable bonds is 9. The molecule has 1 atom stereocenters. The van der Waals surface area contributed by atoms with Crippen molar-refractivity contribution in [1.82, 2.24) is 9.88 Å². The Morgan fingerprint density at radius 3 is 1.98 bits per heavy atom. The van der Waals surface area contributed by atoms with Gasteiger partial charge < -0.3 is 19.4 Å². The highest BCUT2D eigenvalue weighted by Gasteiger charge is 2.31. The number of Topliss-reactive ketones (excluding diaryl/α,β-unsaturated/α-hetero) is 1. The van der Waals surface area contributed by atoms with Crippen molar-refractivity contribution in [2.24, 2.45) is 0 Å². The Kier molecular flexibility index (Phi) is 14.4. The van der Waals surface area contributed by atoms with Gasteiger partial charge in [-0.15, -0.1) is 0 Å². The van der Waals surface area contributed by atoms with Crippen LogP contribution in [0.15, 0.2) is 41.3 Å². The summed E-state index contributed by atoms with van der Waals surface area (Å²) in [6.07, 6.45) is -4.44. The van der Waals surface area contributed by atoms with Crippen LogP contribution in [-0.2, 0) is 31.8 Å². The Labute approximate surface area is 260 Å². The predicted octanol–water partition coefficient (Wildman–Crippen LogP) is 6.49. The number of nitrogens with zero attached hydrogens (tertiary/aromatic N) is 1. The Morgan fingerprint density at radius 1 is 0.891 bits per heavy atom. The fraction of sp³-hybridized carbons (Fsp3) is 0.419. The highest BCUT2D eigenvalue weighted by Crippen LogP contribution is 2.30. The third-order valence-electron chi connectivity index (χ3n) is 5.56. The smallest absolute Gasteiger partial charge is 0.416 e. The molecular weight excluding hydrogens is 629 g/mol. The van der Waals surface area contributed by atoms with E-state index in [9.17, 15) is 49.9 Å². The van der Waals surface area contributed by atoms with Crippen LogP contribution >= 0.6 is 0 Å². The van der Waals surface area contributed by atoms with E-state index in [1.807, 2.05) is 27.7 Å². The second kappa shape index (κ2) is 16.8. The molecule has 0 aliphatic rings. The number of fused-ring (bicyclic) bond motifs is 1. The van der Waals surface area contributed by atoms with E-state index in [2.05, 4.69) is 10.1 Å². The van der Waals surface area contributed by atoms with Gasteiger partial charge in [0.2, 0.25) is 17.5 Å². The van der Waals surface area contributed by atoms with Crippen LogP contribution in [0.2, 0.25) is 0 Å². The van der Waals surface area contributed by atoms with E-state index in [0.717, 1.165) is 22.9 Å².